The molecule has 6 N–H and O–H groups in total. The first-order valence-electron chi connectivity index (χ1n) is 26.3. The predicted molar refractivity (Wildman–Crippen MR) is 260 cm³/mol. The number of amides is 1. The topological polar surface area (TPSA) is 175 Å². The molecule has 1 amide bonds. The Kier molecular flexibility index (Phi) is 40.7. The van der Waals surface area contributed by atoms with Gasteiger partial charge in [0.25, 0.3) is 0 Å². The van der Waals surface area contributed by atoms with Crippen molar-refractivity contribution in [2.75, 3.05) is 19.8 Å². The third-order valence-electron chi connectivity index (χ3n) is 12.2. The average molecular weight is 908 g/mol. The van der Waals surface area contributed by atoms with Crippen LogP contribution in [-0.4, -0.2) is 100 Å². The molecule has 1 aliphatic heterocycles. The summed E-state index contributed by atoms with van der Waals surface area (Å²) in [5.41, 5.74) is 0. The summed E-state index contributed by atoms with van der Waals surface area (Å²) < 4.78 is 16.6. The van der Waals surface area contributed by atoms with Gasteiger partial charge in [-0.05, 0) is 77.0 Å². The maximum Gasteiger partial charge on any atom is 0.305 e. The van der Waals surface area contributed by atoms with Crippen LogP contribution in [0, 0.1) is 0 Å². The van der Waals surface area contributed by atoms with Crippen molar-refractivity contribution < 1.29 is 49.3 Å². The van der Waals surface area contributed by atoms with Gasteiger partial charge in [-0.25, -0.2) is 0 Å². The maximum atomic E-state index is 13.0. The fourth-order valence-corrected chi connectivity index (χ4v) is 7.94. The number of allylic oxidation sites excluding steroid dienone is 5. The summed E-state index contributed by atoms with van der Waals surface area (Å²) >= 11 is 0. The summed E-state index contributed by atoms with van der Waals surface area (Å²) in [6, 6.07) is -0.831. The van der Waals surface area contributed by atoms with Crippen molar-refractivity contribution in [1.29, 1.82) is 0 Å². The molecular formula is C53H97NO10. The number of nitrogens with one attached hydrogen (secondary N) is 1. The predicted octanol–water partition coefficient (Wildman–Crippen LogP) is 10.8. The quantitative estimate of drug-likeness (QED) is 0.0196. The first-order chi connectivity index (χ1) is 31.2. The standard InChI is InChI=1S/C53H97NO10/c1-3-5-7-9-11-13-15-16-17-20-23-27-31-35-39-46(56)45(44-63-53-52(61)51(60)50(59)47(43-55)64-53)54-48(57)40-36-32-28-24-21-18-22-26-30-34-38-42-62-49(58)41-37-33-29-25-19-14-12-10-8-6-4-2/h10,12,22,26,35,39,45-47,50-53,55-56,59-61H,3-9,11,13-21,23-25,27-34,36-38,40-44H2,1-2H3,(H,54,57)/b12-10-,26-22-,39-35+. The van der Waals surface area contributed by atoms with Crippen molar-refractivity contribution in [3.63, 3.8) is 0 Å². The molecule has 0 aliphatic carbocycles. The lowest BCUT2D eigenvalue weighted by molar-refractivity contribution is -0.302. The molecule has 0 spiro atoms. The molecule has 1 fully saturated rings. The van der Waals surface area contributed by atoms with Gasteiger partial charge in [0, 0.05) is 12.8 Å². The summed E-state index contributed by atoms with van der Waals surface area (Å²) in [5.74, 6) is -0.281. The van der Waals surface area contributed by atoms with Crippen LogP contribution in [0.25, 0.3) is 0 Å². The van der Waals surface area contributed by atoms with Crippen LogP contribution in [0.1, 0.15) is 226 Å². The van der Waals surface area contributed by atoms with E-state index in [0.717, 1.165) is 89.9 Å². The number of carbonyl (C=O) groups is 2. The molecule has 7 unspecified atom stereocenters. The van der Waals surface area contributed by atoms with Crippen molar-refractivity contribution >= 4 is 11.9 Å². The van der Waals surface area contributed by atoms with E-state index in [9.17, 15) is 35.1 Å². The molecule has 0 bridgehead atoms. The van der Waals surface area contributed by atoms with Crippen molar-refractivity contribution in [3.05, 3.63) is 36.5 Å². The number of hydrogen-bond donors (Lipinski definition) is 6. The van der Waals surface area contributed by atoms with Crippen LogP contribution >= 0.6 is 0 Å². The molecule has 1 rings (SSSR count). The van der Waals surface area contributed by atoms with Gasteiger partial charge in [-0.3, -0.25) is 9.59 Å². The zero-order valence-electron chi connectivity index (χ0n) is 40.7. The minimum absolute atomic E-state index is 0.0687. The Bertz CT molecular complexity index is 1160. The molecule has 1 aliphatic rings. The van der Waals surface area contributed by atoms with Gasteiger partial charge in [0.05, 0.1) is 32.0 Å². The minimum atomic E-state index is -1.58. The molecule has 7 atom stereocenters. The highest BCUT2D eigenvalue weighted by Crippen LogP contribution is 2.23. The Morgan fingerprint density at radius 1 is 0.562 bits per heavy atom. The summed E-state index contributed by atoms with van der Waals surface area (Å²) in [6.07, 6.45) is 40.7. The first-order valence-corrected chi connectivity index (χ1v) is 26.3. The molecule has 0 aromatic carbocycles. The molecule has 0 radical (unpaired) electrons. The van der Waals surface area contributed by atoms with E-state index in [2.05, 4.69) is 43.5 Å². The Hall–Kier alpha value is -2.12. The van der Waals surface area contributed by atoms with Crippen LogP contribution in [-0.2, 0) is 23.8 Å². The number of ether oxygens (including phenoxy) is 3. The molecule has 11 nitrogen and oxygen atoms in total. The number of aliphatic hydroxyl groups is 5. The lowest BCUT2D eigenvalue weighted by Crippen LogP contribution is -2.60. The van der Waals surface area contributed by atoms with E-state index in [0.29, 0.717) is 19.4 Å². The lowest BCUT2D eigenvalue weighted by atomic mass is 9.99. The SMILES string of the molecule is CCCC/C=C\CCCCCCCC(=O)OCCCC/C=C\CCCCCCCC(=O)NC(COC1OC(CO)C(O)C(O)C1O)C(O)/C=C/CCCCCCCCCCCCCC. The van der Waals surface area contributed by atoms with Gasteiger partial charge < -0.3 is 45.1 Å². The Balaban J connectivity index is 2.25. The van der Waals surface area contributed by atoms with Crippen molar-refractivity contribution in [2.45, 2.75) is 269 Å². The molecule has 0 saturated carbocycles. The number of unbranched alkanes of at least 4 members (excludes halogenated alkanes) is 26. The molecule has 64 heavy (non-hydrogen) atoms. The molecule has 0 aromatic rings. The number of hydrogen-bond acceptors (Lipinski definition) is 10. The third kappa shape index (κ3) is 33.4. The van der Waals surface area contributed by atoms with E-state index < -0.39 is 49.5 Å². The lowest BCUT2D eigenvalue weighted by Gasteiger charge is -2.40. The number of aliphatic hydroxyl groups excluding tert-OH is 5. The largest absolute Gasteiger partial charge is 0.466 e. The highest BCUT2D eigenvalue weighted by atomic mass is 16.7. The maximum absolute atomic E-state index is 13.0. The molecule has 11 heteroatoms. The molecule has 0 aromatic heterocycles. The second kappa shape index (κ2) is 43.5. The van der Waals surface area contributed by atoms with Crippen LogP contribution in [0.5, 0.6) is 0 Å². The fourth-order valence-electron chi connectivity index (χ4n) is 7.94. The number of esters is 1. The van der Waals surface area contributed by atoms with E-state index >= 15 is 0 Å². The highest BCUT2D eigenvalue weighted by Gasteiger charge is 2.44. The van der Waals surface area contributed by atoms with Crippen LogP contribution in [0.3, 0.4) is 0 Å². The van der Waals surface area contributed by atoms with Crippen molar-refractivity contribution in [2.24, 2.45) is 0 Å². The van der Waals surface area contributed by atoms with E-state index in [1.165, 1.54) is 109 Å². The fraction of sp³-hybridized carbons (Fsp3) is 0.849. The zero-order chi connectivity index (χ0) is 46.7. The van der Waals surface area contributed by atoms with Crippen LogP contribution in [0.2, 0.25) is 0 Å². The first kappa shape index (κ1) is 59.9. The molecular weight excluding hydrogens is 811 g/mol. The Labute approximate surface area is 390 Å². The van der Waals surface area contributed by atoms with Crippen LogP contribution in [0.15, 0.2) is 36.5 Å². The number of carbonyl (C=O) groups excluding carboxylic acids is 2. The van der Waals surface area contributed by atoms with Gasteiger partial charge in [-0.2, -0.15) is 0 Å². The van der Waals surface area contributed by atoms with E-state index in [-0.39, 0.29) is 18.5 Å². The second-order valence-electron chi connectivity index (χ2n) is 18.2. The molecule has 1 heterocycles. The monoisotopic (exact) mass is 908 g/mol. The summed E-state index contributed by atoms with van der Waals surface area (Å²) in [5, 5.41) is 54.3. The van der Waals surface area contributed by atoms with Crippen LogP contribution < -0.4 is 5.32 Å². The van der Waals surface area contributed by atoms with Gasteiger partial charge in [0.1, 0.15) is 24.4 Å². The van der Waals surface area contributed by atoms with E-state index in [4.69, 9.17) is 14.2 Å². The highest BCUT2D eigenvalue weighted by molar-refractivity contribution is 5.76. The Morgan fingerprint density at radius 2 is 1.02 bits per heavy atom. The third-order valence-corrected chi connectivity index (χ3v) is 12.2. The van der Waals surface area contributed by atoms with E-state index in [1.54, 1.807) is 6.08 Å². The smallest absolute Gasteiger partial charge is 0.305 e. The normalized spacial score (nSPS) is 20.1. The summed E-state index contributed by atoms with van der Waals surface area (Å²) in [7, 11) is 0. The molecule has 374 valence electrons. The molecule has 1 saturated heterocycles. The van der Waals surface area contributed by atoms with Gasteiger partial charge in [-0.1, -0.05) is 172 Å². The average Bonchev–Trinajstić information content (AvgIpc) is 3.29. The van der Waals surface area contributed by atoms with Gasteiger partial charge in [0.2, 0.25) is 5.91 Å². The van der Waals surface area contributed by atoms with Crippen molar-refractivity contribution in [1.82, 2.24) is 5.32 Å². The van der Waals surface area contributed by atoms with Gasteiger partial charge >= 0.3 is 5.97 Å². The van der Waals surface area contributed by atoms with E-state index in [1.807, 2.05) is 6.08 Å². The van der Waals surface area contributed by atoms with Gasteiger partial charge in [0.15, 0.2) is 6.29 Å². The summed E-state index contributed by atoms with van der Waals surface area (Å²) in [6.45, 7) is 4.19. The van der Waals surface area contributed by atoms with Crippen LogP contribution in [0.4, 0.5) is 0 Å². The minimum Gasteiger partial charge on any atom is -0.466 e. The van der Waals surface area contributed by atoms with Crippen molar-refractivity contribution in [3.8, 4) is 0 Å². The summed E-state index contributed by atoms with van der Waals surface area (Å²) in [4.78, 5) is 25.0. The number of rotatable bonds is 44. The van der Waals surface area contributed by atoms with Gasteiger partial charge in [-0.15, -0.1) is 0 Å². The second-order valence-corrected chi connectivity index (χ2v) is 18.2. The zero-order valence-corrected chi connectivity index (χ0v) is 40.7. The Morgan fingerprint density at radius 3 is 1.55 bits per heavy atom.